The summed E-state index contributed by atoms with van der Waals surface area (Å²) in [5.74, 6) is -0.733. The summed E-state index contributed by atoms with van der Waals surface area (Å²) >= 11 is 1.51. The third kappa shape index (κ3) is 6.48. The summed E-state index contributed by atoms with van der Waals surface area (Å²) in [7, 11) is 0. The second-order valence-electron chi connectivity index (χ2n) is 4.41. The zero-order valence-electron chi connectivity index (χ0n) is 11.8. The largest absolute Gasteiger partial charge is 0.480 e. The lowest BCUT2D eigenvalue weighted by atomic mass is 10.1. The number of rotatable bonds is 8. The molecule has 0 fully saturated rings. The first-order chi connectivity index (χ1) is 10.0. The number of amides is 2. The van der Waals surface area contributed by atoms with Crippen molar-refractivity contribution in [2.45, 2.75) is 18.9 Å². The van der Waals surface area contributed by atoms with Crippen LogP contribution in [0.25, 0.3) is 0 Å². The van der Waals surface area contributed by atoms with Gasteiger partial charge in [0.25, 0.3) is 0 Å². The van der Waals surface area contributed by atoms with Gasteiger partial charge in [-0.3, -0.25) is 0 Å². The van der Waals surface area contributed by atoms with Crippen LogP contribution in [0.15, 0.2) is 24.3 Å². The average Bonchev–Trinajstić information content (AvgIpc) is 2.45. The number of urea groups is 1. The van der Waals surface area contributed by atoms with E-state index in [0.29, 0.717) is 24.2 Å². The van der Waals surface area contributed by atoms with Crippen LogP contribution in [0.5, 0.6) is 0 Å². The summed E-state index contributed by atoms with van der Waals surface area (Å²) in [4.78, 5) is 22.6. The number of carbonyl (C=O) groups is 2. The summed E-state index contributed by atoms with van der Waals surface area (Å²) in [6.07, 6.45) is 2.58. The summed E-state index contributed by atoms with van der Waals surface area (Å²) < 4.78 is 13.4. The van der Waals surface area contributed by atoms with Gasteiger partial charge in [0.1, 0.15) is 11.9 Å². The van der Waals surface area contributed by atoms with Crippen molar-refractivity contribution < 1.29 is 19.1 Å². The van der Waals surface area contributed by atoms with Crippen LogP contribution in [0.4, 0.5) is 9.18 Å². The minimum Gasteiger partial charge on any atom is -0.480 e. The Balaban J connectivity index is 2.36. The first kappa shape index (κ1) is 17.3. The van der Waals surface area contributed by atoms with E-state index in [1.54, 1.807) is 18.2 Å². The van der Waals surface area contributed by atoms with Gasteiger partial charge in [-0.2, -0.15) is 11.8 Å². The summed E-state index contributed by atoms with van der Waals surface area (Å²) in [6, 6.07) is 4.86. The van der Waals surface area contributed by atoms with Crippen LogP contribution < -0.4 is 10.6 Å². The van der Waals surface area contributed by atoms with E-state index in [-0.39, 0.29) is 12.4 Å². The highest BCUT2D eigenvalue weighted by Crippen LogP contribution is 2.06. The predicted molar refractivity (Wildman–Crippen MR) is 81.1 cm³/mol. The van der Waals surface area contributed by atoms with Gasteiger partial charge in [-0.1, -0.05) is 18.2 Å². The fourth-order valence-electron chi connectivity index (χ4n) is 1.71. The summed E-state index contributed by atoms with van der Waals surface area (Å²) in [5.41, 5.74) is 0.509. The van der Waals surface area contributed by atoms with Gasteiger partial charge >= 0.3 is 12.0 Å². The molecule has 1 rings (SSSR count). The monoisotopic (exact) mass is 314 g/mol. The maximum Gasteiger partial charge on any atom is 0.326 e. The Morgan fingerprint density at radius 1 is 1.38 bits per heavy atom. The van der Waals surface area contributed by atoms with E-state index in [9.17, 15) is 14.0 Å². The quantitative estimate of drug-likeness (QED) is 0.684. The number of benzene rings is 1. The van der Waals surface area contributed by atoms with Crippen LogP contribution in [0.2, 0.25) is 0 Å². The van der Waals surface area contributed by atoms with Crippen molar-refractivity contribution in [3.05, 3.63) is 35.6 Å². The number of carboxylic acid groups (broad SMARTS) is 1. The summed E-state index contributed by atoms with van der Waals surface area (Å²) in [6.45, 7) is 0.238. The van der Waals surface area contributed by atoms with E-state index in [4.69, 9.17) is 5.11 Å². The molecule has 5 nitrogen and oxygen atoms in total. The van der Waals surface area contributed by atoms with Crippen LogP contribution in [-0.2, 0) is 11.2 Å². The molecule has 1 atom stereocenters. The normalized spacial score (nSPS) is 11.7. The molecule has 0 aliphatic rings. The van der Waals surface area contributed by atoms with Crippen LogP contribution in [0.1, 0.15) is 12.0 Å². The lowest BCUT2D eigenvalue weighted by Crippen LogP contribution is -2.46. The molecule has 0 bridgehead atoms. The minimum atomic E-state index is -1.06. The zero-order valence-corrected chi connectivity index (χ0v) is 12.6. The molecule has 1 unspecified atom stereocenters. The maximum absolute atomic E-state index is 13.4. The third-order valence-corrected chi connectivity index (χ3v) is 3.50. The summed E-state index contributed by atoms with van der Waals surface area (Å²) in [5, 5.41) is 13.9. The number of carbonyl (C=O) groups excluding carboxylic acids is 1. The van der Waals surface area contributed by atoms with E-state index in [1.165, 1.54) is 17.8 Å². The van der Waals surface area contributed by atoms with E-state index >= 15 is 0 Å². The van der Waals surface area contributed by atoms with E-state index in [1.807, 2.05) is 6.26 Å². The highest BCUT2D eigenvalue weighted by atomic mass is 32.2. The molecule has 3 N–H and O–H groups in total. The lowest BCUT2D eigenvalue weighted by molar-refractivity contribution is -0.139. The van der Waals surface area contributed by atoms with Crippen molar-refractivity contribution in [1.29, 1.82) is 0 Å². The van der Waals surface area contributed by atoms with Gasteiger partial charge in [-0.15, -0.1) is 0 Å². The van der Waals surface area contributed by atoms with Gasteiger partial charge in [0.15, 0.2) is 0 Å². The molecule has 116 valence electrons. The molecular formula is C14H19FN2O3S. The average molecular weight is 314 g/mol. The van der Waals surface area contributed by atoms with Crippen LogP contribution in [0.3, 0.4) is 0 Å². The number of hydrogen-bond donors (Lipinski definition) is 3. The highest BCUT2D eigenvalue weighted by molar-refractivity contribution is 7.98. The van der Waals surface area contributed by atoms with Crippen molar-refractivity contribution in [1.82, 2.24) is 10.6 Å². The van der Waals surface area contributed by atoms with Crippen molar-refractivity contribution in [2.75, 3.05) is 18.6 Å². The number of aliphatic carboxylic acids is 1. The topological polar surface area (TPSA) is 78.4 Å². The molecule has 21 heavy (non-hydrogen) atoms. The first-order valence-electron chi connectivity index (χ1n) is 6.54. The molecule has 1 aromatic rings. The Morgan fingerprint density at radius 2 is 2.10 bits per heavy atom. The van der Waals surface area contributed by atoms with Crippen LogP contribution in [-0.4, -0.2) is 41.7 Å². The Bertz CT molecular complexity index is 485. The van der Waals surface area contributed by atoms with Crippen LogP contribution in [0, 0.1) is 5.82 Å². The second kappa shape index (κ2) is 9.23. The van der Waals surface area contributed by atoms with Crippen molar-refractivity contribution in [3.63, 3.8) is 0 Å². The molecule has 0 saturated carbocycles. The SMILES string of the molecule is CSCCC(NC(=O)NCCc1ccccc1F)C(=O)O. The van der Waals surface area contributed by atoms with Gasteiger partial charge < -0.3 is 15.7 Å². The molecule has 1 aromatic carbocycles. The fourth-order valence-corrected chi connectivity index (χ4v) is 2.19. The smallest absolute Gasteiger partial charge is 0.326 e. The van der Waals surface area contributed by atoms with Crippen molar-refractivity contribution in [3.8, 4) is 0 Å². The van der Waals surface area contributed by atoms with Gasteiger partial charge in [0.05, 0.1) is 0 Å². The Morgan fingerprint density at radius 3 is 2.71 bits per heavy atom. The number of nitrogens with one attached hydrogen (secondary N) is 2. The highest BCUT2D eigenvalue weighted by Gasteiger charge is 2.18. The zero-order chi connectivity index (χ0) is 15.7. The van der Waals surface area contributed by atoms with Gasteiger partial charge in [-0.05, 0) is 36.5 Å². The first-order valence-corrected chi connectivity index (χ1v) is 7.93. The van der Waals surface area contributed by atoms with Gasteiger partial charge in [0.2, 0.25) is 0 Å². The predicted octanol–water partition coefficient (Wildman–Crippen LogP) is 1.87. The van der Waals surface area contributed by atoms with E-state index in [0.717, 1.165) is 0 Å². The molecule has 2 amide bonds. The Kier molecular flexibility index (Phi) is 7.60. The fraction of sp³-hybridized carbons (Fsp3) is 0.429. The molecule has 7 heteroatoms. The van der Waals surface area contributed by atoms with E-state index < -0.39 is 18.0 Å². The molecular weight excluding hydrogens is 295 g/mol. The molecule has 0 aliphatic heterocycles. The third-order valence-electron chi connectivity index (χ3n) is 2.85. The molecule has 0 aromatic heterocycles. The minimum absolute atomic E-state index is 0.238. The molecule has 0 radical (unpaired) electrons. The van der Waals surface area contributed by atoms with Crippen molar-refractivity contribution in [2.24, 2.45) is 0 Å². The lowest BCUT2D eigenvalue weighted by Gasteiger charge is -2.14. The Hall–Kier alpha value is -1.76. The maximum atomic E-state index is 13.4. The molecule has 0 spiro atoms. The molecule has 0 heterocycles. The number of carboxylic acids is 1. The van der Waals surface area contributed by atoms with Crippen molar-refractivity contribution >= 4 is 23.8 Å². The van der Waals surface area contributed by atoms with Gasteiger partial charge in [-0.25, -0.2) is 14.0 Å². The second-order valence-corrected chi connectivity index (χ2v) is 5.40. The van der Waals surface area contributed by atoms with Crippen LogP contribution >= 0.6 is 11.8 Å². The number of hydrogen-bond acceptors (Lipinski definition) is 3. The Labute approximate surface area is 127 Å². The van der Waals surface area contributed by atoms with E-state index in [2.05, 4.69) is 10.6 Å². The number of thioether (sulfide) groups is 1. The standard InChI is InChI=1S/C14H19FN2O3S/c1-21-9-7-12(13(18)19)17-14(20)16-8-6-10-4-2-3-5-11(10)15/h2-5,12H,6-9H2,1H3,(H,18,19)(H2,16,17,20). The number of halogens is 1. The molecule has 0 aliphatic carbocycles. The molecule has 0 saturated heterocycles. The van der Waals surface area contributed by atoms with Gasteiger partial charge in [0, 0.05) is 6.54 Å².